The van der Waals surface area contributed by atoms with Crippen molar-refractivity contribution in [1.29, 1.82) is 0 Å². The Morgan fingerprint density at radius 1 is 1.14 bits per heavy atom. The first kappa shape index (κ1) is 18.0. The van der Waals surface area contributed by atoms with Gasteiger partial charge in [0.1, 0.15) is 6.61 Å². The molecule has 2 aliphatic heterocycles. The largest absolute Gasteiger partial charge is 0.507 e. The highest BCUT2D eigenvalue weighted by atomic mass is 16.7. The van der Waals surface area contributed by atoms with Gasteiger partial charge in [-0.3, -0.25) is 9.59 Å². The van der Waals surface area contributed by atoms with Crippen LogP contribution in [0.15, 0.2) is 54.6 Å². The number of para-hydroxylation sites is 1. The van der Waals surface area contributed by atoms with Crippen molar-refractivity contribution in [2.24, 2.45) is 5.92 Å². The fourth-order valence-corrected chi connectivity index (χ4v) is 3.92. The zero-order valence-corrected chi connectivity index (χ0v) is 15.3. The van der Waals surface area contributed by atoms with Crippen molar-refractivity contribution >= 4 is 23.7 Å². The molecular weight excluding hydrogens is 362 g/mol. The minimum Gasteiger partial charge on any atom is -0.443 e. The van der Waals surface area contributed by atoms with Crippen molar-refractivity contribution < 1.29 is 28.6 Å². The highest BCUT2D eigenvalue weighted by Crippen LogP contribution is 2.52. The van der Waals surface area contributed by atoms with E-state index in [2.05, 4.69) is 4.74 Å². The summed E-state index contributed by atoms with van der Waals surface area (Å²) < 4.78 is 15.2. The molecule has 0 aliphatic carbocycles. The third-order valence-electron chi connectivity index (χ3n) is 5.17. The molecule has 1 saturated heterocycles. The van der Waals surface area contributed by atoms with Crippen LogP contribution in [-0.4, -0.2) is 31.7 Å². The number of carbonyl (C=O) groups is 3. The van der Waals surface area contributed by atoms with E-state index >= 15 is 0 Å². The Hall–Kier alpha value is -3.35. The second kappa shape index (κ2) is 6.99. The lowest BCUT2D eigenvalue weighted by Gasteiger charge is -2.28. The molecule has 2 aliphatic rings. The first-order valence-corrected chi connectivity index (χ1v) is 8.94. The zero-order valence-electron chi connectivity index (χ0n) is 15.3. The second-order valence-electron chi connectivity index (χ2n) is 6.77. The number of benzene rings is 2. The predicted molar refractivity (Wildman–Crippen MR) is 98.3 cm³/mol. The molecule has 2 aromatic carbocycles. The lowest BCUT2D eigenvalue weighted by atomic mass is 9.82. The van der Waals surface area contributed by atoms with E-state index in [0.717, 1.165) is 5.56 Å². The average Bonchev–Trinajstić information content (AvgIpc) is 3.17. The summed E-state index contributed by atoms with van der Waals surface area (Å²) in [5, 5.41) is 0. The highest BCUT2D eigenvalue weighted by Gasteiger charge is 2.63. The Morgan fingerprint density at radius 3 is 2.61 bits per heavy atom. The molecule has 1 fully saturated rings. The van der Waals surface area contributed by atoms with Crippen LogP contribution in [0.5, 0.6) is 0 Å². The Kier molecular flexibility index (Phi) is 4.50. The highest BCUT2D eigenvalue weighted by molar-refractivity contribution is 6.09. The lowest BCUT2D eigenvalue weighted by Crippen LogP contribution is -2.45. The van der Waals surface area contributed by atoms with Gasteiger partial charge >= 0.3 is 12.1 Å². The number of rotatable bonds is 4. The van der Waals surface area contributed by atoms with Crippen molar-refractivity contribution in [3.05, 3.63) is 65.7 Å². The van der Waals surface area contributed by atoms with Crippen molar-refractivity contribution in [3.8, 4) is 0 Å². The van der Waals surface area contributed by atoms with Crippen LogP contribution >= 0.6 is 0 Å². The standard InChI is InChI=1S/C21H19NO6/c1-26-20(25)27-13-15-11-18(23)28-21(15)16-9-5-6-10-17(16)22(19(21)24)12-14-7-3-2-4-8-14/h2-10,15H,11-13H2,1H3/t15-,21+/m1/s1. The molecule has 0 aromatic heterocycles. The smallest absolute Gasteiger partial charge is 0.443 e. The van der Waals surface area contributed by atoms with Gasteiger partial charge in [-0.25, -0.2) is 4.79 Å². The average molecular weight is 381 g/mol. The van der Waals surface area contributed by atoms with Crippen molar-refractivity contribution in [1.82, 2.24) is 0 Å². The number of nitrogens with zero attached hydrogens (tertiary/aromatic N) is 1. The van der Waals surface area contributed by atoms with E-state index in [4.69, 9.17) is 9.47 Å². The Morgan fingerprint density at radius 2 is 1.86 bits per heavy atom. The molecule has 28 heavy (non-hydrogen) atoms. The van der Waals surface area contributed by atoms with Crippen LogP contribution in [0, 0.1) is 5.92 Å². The summed E-state index contributed by atoms with van der Waals surface area (Å²) in [5.41, 5.74) is 0.764. The molecule has 0 N–H and O–H groups in total. The molecule has 2 heterocycles. The molecule has 0 bridgehead atoms. The summed E-state index contributed by atoms with van der Waals surface area (Å²) in [6, 6.07) is 16.8. The van der Waals surface area contributed by atoms with Gasteiger partial charge in [-0.1, -0.05) is 48.5 Å². The maximum absolute atomic E-state index is 13.5. The maximum Gasteiger partial charge on any atom is 0.507 e. The minimum absolute atomic E-state index is 0.0176. The fraction of sp³-hybridized carbons (Fsp3) is 0.286. The van der Waals surface area contributed by atoms with Gasteiger partial charge in [-0.05, 0) is 11.6 Å². The molecule has 0 radical (unpaired) electrons. The number of methoxy groups -OCH3 is 1. The summed E-state index contributed by atoms with van der Waals surface area (Å²) in [7, 11) is 1.20. The molecule has 144 valence electrons. The van der Waals surface area contributed by atoms with Crippen LogP contribution in [0.3, 0.4) is 0 Å². The molecule has 7 nitrogen and oxygen atoms in total. The third kappa shape index (κ3) is 2.79. The van der Waals surface area contributed by atoms with E-state index in [9.17, 15) is 14.4 Å². The first-order valence-electron chi connectivity index (χ1n) is 8.94. The number of anilines is 1. The van der Waals surface area contributed by atoms with Gasteiger partial charge in [0.2, 0.25) is 5.60 Å². The van der Waals surface area contributed by atoms with E-state index in [1.807, 2.05) is 42.5 Å². The number of ether oxygens (including phenoxy) is 3. The summed E-state index contributed by atoms with van der Waals surface area (Å²) in [4.78, 5) is 38.8. The number of hydrogen-bond acceptors (Lipinski definition) is 6. The SMILES string of the molecule is COC(=O)OC[C@H]1CC(=O)O[C@@]12C(=O)N(Cc1ccccc1)c1ccccc12. The van der Waals surface area contributed by atoms with Crippen LogP contribution in [0.4, 0.5) is 10.5 Å². The second-order valence-corrected chi connectivity index (χ2v) is 6.77. The van der Waals surface area contributed by atoms with Crippen LogP contribution in [0.25, 0.3) is 0 Å². The van der Waals surface area contributed by atoms with Gasteiger partial charge in [-0.2, -0.15) is 0 Å². The van der Waals surface area contributed by atoms with Crippen molar-refractivity contribution in [3.63, 3.8) is 0 Å². The summed E-state index contributed by atoms with van der Waals surface area (Å²) >= 11 is 0. The number of hydrogen-bond donors (Lipinski definition) is 0. The number of amides is 1. The Labute approximate surface area is 161 Å². The van der Waals surface area contributed by atoms with E-state index in [1.165, 1.54) is 7.11 Å². The minimum atomic E-state index is -1.49. The van der Waals surface area contributed by atoms with Gasteiger partial charge in [0.15, 0.2) is 0 Å². The quantitative estimate of drug-likeness (QED) is 0.758. The fourth-order valence-electron chi connectivity index (χ4n) is 3.92. The summed E-state index contributed by atoms with van der Waals surface area (Å²) in [6.07, 6.45) is -0.884. The van der Waals surface area contributed by atoms with Gasteiger partial charge in [0, 0.05) is 5.56 Å². The molecule has 7 heteroatoms. The van der Waals surface area contributed by atoms with Crippen LogP contribution in [0.1, 0.15) is 17.5 Å². The monoisotopic (exact) mass is 381 g/mol. The van der Waals surface area contributed by atoms with E-state index in [1.54, 1.807) is 17.0 Å². The summed E-state index contributed by atoms with van der Waals surface area (Å²) in [6.45, 7) is 0.193. The number of esters is 1. The Bertz CT molecular complexity index is 928. The molecule has 4 rings (SSSR count). The van der Waals surface area contributed by atoms with E-state index in [0.29, 0.717) is 17.8 Å². The normalized spacial score (nSPS) is 22.9. The van der Waals surface area contributed by atoms with E-state index in [-0.39, 0.29) is 18.9 Å². The molecule has 1 amide bonds. The lowest BCUT2D eigenvalue weighted by molar-refractivity contribution is -0.160. The molecule has 0 saturated carbocycles. The first-order chi connectivity index (χ1) is 13.6. The zero-order chi connectivity index (χ0) is 19.7. The van der Waals surface area contributed by atoms with Crippen LogP contribution < -0.4 is 4.90 Å². The summed E-state index contributed by atoms with van der Waals surface area (Å²) in [5.74, 6) is -1.46. The molecule has 0 unspecified atom stereocenters. The molecule has 2 aromatic rings. The topological polar surface area (TPSA) is 82.1 Å². The van der Waals surface area contributed by atoms with Crippen molar-refractivity contribution in [2.75, 3.05) is 18.6 Å². The molecular formula is C21H19NO6. The van der Waals surface area contributed by atoms with Gasteiger partial charge < -0.3 is 19.1 Å². The maximum atomic E-state index is 13.5. The number of fused-ring (bicyclic) bond motifs is 2. The predicted octanol–water partition coefficient (Wildman–Crippen LogP) is 2.77. The van der Waals surface area contributed by atoms with Gasteiger partial charge in [0.25, 0.3) is 5.91 Å². The molecule has 1 spiro atoms. The van der Waals surface area contributed by atoms with Gasteiger partial charge in [0.05, 0.1) is 31.7 Å². The van der Waals surface area contributed by atoms with Gasteiger partial charge in [-0.15, -0.1) is 0 Å². The number of carbonyl (C=O) groups excluding carboxylic acids is 3. The molecule has 2 atom stereocenters. The van der Waals surface area contributed by atoms with Crippen LogP contribution in [-0.2, 0) is 35.9 Å². The van der Waals surface area contributed by atoms with Crippen LogP contribution in [0.2, 0.25) is 0 Å². The Balaban J connectivity index is 1.73. The third-order valence-corrected chi connectivity index (χ3v) is 5.17. The van der Waals surface area contributed by atoms with Crippen molar-refractivity contribution in [2.45, 2.75) is 18.6 Å². The van der Waals surface area contributed by atoms with E-state index < -0.39 is 23.6 Å².